The molecule has 0 unspecified atom stereocenters. The number of ether oxygens (including phenoxy) is 2. The Morgan fingerprint density at radius 2 is 1.83 bits per heavy atom. The van der Waals surface area contributed by atoms with Gasteiger partial charge >= 0.3 is 0 Å². The molecule has 0 bridgehead atoms. The van der Waals surface area contributed by atoms with Crippen molar-refractivity contribution in [1.29, 1.82) is 0 Å². The van der Waals surface area contributed by atoms with Crippen LogP contribution in [0.3, 0.4) is 0 Å². The lowest BCUT2D eigenvalue weighted by Crippen LogP contribution is -2.15. The minimum Gasteiger partial charge on any atom is -0.468 e. The monoisotopic (exact) mass is 541 g/mol. The number of non-ortho nitro benzene ring substituents is 1. The molecular formula is C27H28BrNO6. The number of nitro groups is 1. The molecule has 0 radical (unpaired) electrons. The molecular weight excluding hydrogens is 514 g/mol. The summed E-state index contributed by atoms with van der Waals surface area (Å²) in [7, 11) is 1.48. The number of nitro benzene ring substituents is 1. The molecule has 1 aromatic carbocycles. The first-order chi connectivity index (χ1) is 16.6. The Labute approximate surface area is 212 Å². The number of hydrogen-bond acceptors (Lipinski definition) is 6. The van der Waals surface area contributed by atoms with Crippen molar-refractivity contribution in [2.24, 2.45) is 0 Å². The molecule has 3 rings (SSSR count). The van der Waals surface area contributed by atoms with Crippen molar-refractivity contribution in [3.8, 4) is 5.95 Å². The third-order valence-electron chi connectivity index (χ3n) is 5.62. The van der Waals surface area contributed by atoms with Gasteiger partial charge in [0.2, 0.25) is 0 Å². The third kappa shape index (κ3) is 6.68. The molecule has 184 valence electrons. The van der Waals surface area contributed by atoms with Gasteiger partial charge in [-0.2, -0.15) is 0 Å². The standard InChI is InChI=1S/C27H28BrNO6/c1-16(11-20-6-8-23(9-7-20)29(31)32)10-17(2)12-22(28)13-21-14-24(34-15-21)26-18(3)25(30)19(4)27(33-5)35-26/h6-13,24H,14-15H2,1-5H3/b16-11+,17-10+,21-13-,22-12-/t24-/m1/s1. The zero-order valence-corrected chi connectivity index (χ0v) is 22.0. The summed E-state index contributed by atoms with van der Waals surface area (Å²) in [5, 5.41) is 10.8. The molecule has 2 heterocycles. The quantitative estimate of drug-likeness (QED) is 0.215. The van der Waals surface area contributed by atoms with Crippen LogP contribution in [0, 0.1) is 24.0 Å². The van der Waals surface area contributed by atoms with E-state index in [1.54, 1.807) is 26.0 Å². The normalized spacial score (nSPS) is 18.3. The molecule has 8 heteroatoms. The van der Waals surface area contributed by atoms with Crippen molar-refractivity contribution < 1.29 is 18.8 Å². The van der Waals surface area contributed by atoms with E-state index in [0.717, 1.165) is 26.8 Å². The summed E-state index contributed by atoms with van der Waals surface area (Å²) in [5.41, 5.74) is 4.99. The number of methoxy groups -OCH3 is 1. The summed E-state index contributed by atoms with van der Waals surface area (Å²) in [6, 6.07) is 6.44. The maximum absolute atomic E-state index is 12.5. The van der Waals surface area contributed by atoms with Gasteiger partial charge < -0.3 is 13.9 Å². The van der Waals surface area contributed by atoms with Gasteiger partial charge in [-0.15, -0.1) is 0 Å². The second-order valence-corrected chi connectivity index (χ2v) is 9.41. The van der Waals surface area contributed by atoms with Crippen molar-refractivity contribution in [2.75, 3.05) is 13.7 Å². The molecule has 7 nitrogen and oxygen atoms in total. The van der Waals surface area contributed by atoms with Gasteiger partial charge in [-0.25, -0.2) is 0 Å². The molecule has 1 aromatic heterocycles. The summed E-state index contributed by atoms with van der Waals surface area (Å²) >= 11 is 3.61. The smallest absolute Gasteiger partial charge is 0.291 e. The van der Waals surface area contributed by atoms with Crippen LogP contribution < -0.4 is 10.2 Å². The average molecular weight is 542 g/mol. The molecule has 1 aliphatic rings. The highest BCUT2D eigenvalue weighted by atomic mass is 79.9. The third-order valence-corrected chi connectivity index (χ3v) is 6.07. The van der Waals surface area contributed by atoms with E-state index in [4.69, 9.17) is 13.9 Å². The number of halogens is 1. The lowest BCUT2D eigenvalue weighted by molar-refractivity contribution is -0.384. The van der Waals surface area contributed by atoms with Crippen LogP contribution in [0.5, 0.6) is 5.95 Å². The fourth-order valence-corrected chi connectivity index (χ4v) is 4.61. The Hall–Kier alpha value is -3.23. The van der Waals surface area contributed by atoms with Crippen LogP contribution in [0.15, 0.2) is 72.9 Å². The Kier molecular flexibility index (Phi) is 8.64. The second kappa shape index (κ2) is 11.5. The van der Waals surface area contributed by atoms with E-state index in [1.165, 1.54) is 19.2 Å². The fourth-order valence-electron chi connectivity index (χ4n) is 3.93. The van der Waals surface area contributed by atoms with E-state index >= 15 is 0 Å². The van der Waals surface area contributed by atoms with Crippen LogP contribution in [0.1, 0.15) is 48.8 Å². The van der Waals surface area contributed by atoms with E-state index in [-0.39, 0.29) is 23.2 Å². The fraction of sp³-hybridized carbons (Fsp3) is 0.296. The maximum atomic E-state index is 12.5. The molecule has 1 saturated heterocycles. The molecule has 35 heavy (non-hydrogen) atoms. The number of nitrogens with zero attached hydrogens (tertiary/aromatic N) is 1. The van der Waals surface area contributed by atoms with Crippen LogP contribution in [0.2, 0.25) is 0 Å². The SMILES string of the molecule is COc1oc([C@H]2C/C(=C/C(Br)=C/C(C)=C/C(C)=C/c3ccc([N+](=O)[O-])cc3)CO2)c(C)c(=O)c1C. The Morgan fingerprint density at radius 3 is 2.46 bits per heavy atom. The zero-order chi connectivity index (χ0) is 25.7. The largest absolute Gasteiger partial charge is 0.468 e. The van der Waals surface area contributed by atoms with E-state index in [9.17, 15) is 14.9 Å². The molecule has 0 saturated carbocycles. The summed E-state index contributed by atoms with van der Waals surface area (Å²) < 4.78 is 17.9. The van der Waals surface area contributed by atoms with Crippen molar-refractivity contribution in [2.45, 2.75) is 40.2 Å². The first-order valence-corrected chi connectivity index (χ1v) is 11.9. The van der Waals surface area contributed by atoms with Gasteiger partial charge in [-0.05, 0) is 68.7 Å². The van der Waals surface area contributed by atoms with Crippen LogP contribution in [-0.4, -0.2) is 18.6 Å². The summed E-state index contributed by atoms with van der Waals surface area (Å²) in [6.45, 7) is 7.84. The zero-order valence-electron chi connectivity index (χ0n) is 20.4. The number of benzene rings is 1. The van der Waals surface area contributed by atoms with Gasteiger partial charge in [-0.3, -0.25) is 14.9 Å². The molecule has 1 aliphatic heterocycles. The van der Waals surface area contributed by atoms with Gasteiger partial charge in [0.25, 0.3) is 11.6 Å². The first kappa shape index (κ1) is 26.4. The van der Waals surface area contributed by atoms with Crippen molar-refractivity contribution >= 4 is 27.7 Å². The number of allylic oxidation sites excluding steroid dienone is 6. The topological polar surface area (TPSA) is 91.8 Å². The van der Waals surface area contributed by atoms with Crippen molar-refractivity contribution in [1.82, 2.24) is 0 Å². The lowest BCUT2D eigenvalue weighted by Gasteiger charge is -2.13. The Morgan fingerprint density at radius 1 is 1.14 bits per heavy atom. The lowest BCUT2D eigenvalue weighted by atomic mass is 10.0. The van der Waals surface area contributed by atoms with Gasteiger partial charge in [0, 0.05) is 28.6 Å². The highest BCUT2D eigenvalue weighted by Gasteiger charge is 2.28. The van der Waals surface area contributed by atoms with Crippen molar-refractivity contribution in [3.05, 3.63) is 106 Å². The molecule has 1 atom stereocenters. The van der Waals surface area contributed by atoms with Crippen molar-refractivity contribution in [3.63, 3.8) is 0 Å². The summed E-state index contributed by atoms with van der Waals surface area (Å²) in [6.07, 6.45) is 8.30. The minimum atomic E-state index is -0.409. The second-order valence-electron chi connectivity index (χ2n) is 8.50. The molecule has 0 aliphatic carbocycles. The molecule has 2 aromatic rings. The van der Waals surface area contributed by atoms with Crippen LogP contribution >= 0.6 is 15.9 Å². The van der Waals surface area contributed by atoms with E-state index in [2.05, 4.69) is 15.9 Å². The van der Waals surface area contributed by atoms with E-state index in [1.807, 2.05) is 38.2 Å². The van der Waals surface area contributed by atoms with Crippen LogP contribution in [0.4, 0.5) is 5.69 Å². The summed E-state index contributed by atoms with van der Waals surface area (Å²) in [4.78, 5) is 22.9. The molecule has 0 amide bonds. The molecule has 0 spiro atoms. The first-order valence-electron chi connectivity index (χ1n) is 11.1. The highest BCUT2D eigenvalue weighted by molar-refractivity contribution is 9.11. The molecule has 1 fully saturated rings. The predicted molar refractivity (Wildman–Crippen MR) is 140 cm³/mol. The van der Waals surface area contributed by atoms with Gasteiger partial charge in [0.05, 0.1) is 24.2 Å². The summed E-state index contributed by atoms with van der Waals surface area (Å²) in [5.74, 6) is 0.722. The maximum Gasteiger partial charge on any atom is 0.291 e. The van der Waals surface area contributed by atoms with E-state index < -0.39 is 4.92 Å². The minimum absolute atomic E-state index is 0.0726. The number of hydrogen-bond donors (Lipinski definition) is 0. The van der Waals surface area contributed by atoms with Crippen LogP contribution in [0.25, 0.3) is 6.08 Å². The van der Waals surface area contributed by atoms with Gasteiger partial charge in [0.1, 0.15) is 11.9 Å². The van der Waals surface area contributed by atoms with Crippen LogP contribution in [-0.2, 0) is 4.74 Å². The Bertz CT molecular complexity index is 1300. The average Bonchev–Trinajstić information content (AvgIpc) is 3.25. The van der Waals surface area contributed by atoms with Gasteiger partial charge in [-0.1, -0.05) is 33.7 Å². The highest BCUT2D eigenvalue weighted by Crippen LogP contribution is 2.36. The van der Waals surface area contributed by atoms with E-state index in [0.29, 0.717) is 29.9 Å². The Balaban J connectivity index is 1.71. The van der Waals surface area contributed by atoms with Gasteiger partial charge in [0.15, 0.2) is 5.43 Å². The molecule has 0 N–H and O–H groups in total. The number of rotatable bonds is 7. The predicted octanol–water partition coefficient (Wildman–Crippen LogP) is 6.89.